The summed E-state index contributed by atoms with van der Waals surface area (Å²) in [7, 11) is 0. The van der Waals surface area contributed by atoms with Crippen LogP contribution in [0.1, 0.15) is 19.8 Å². The van der Waals surface area contributed by atoms with Crippen LogP contribution in [0.4, 0.5) is 11.9 Å². The Bertz CT molecular complexity index is 454. The number of halogens is 1. The van der Waals surface area contributed by atoms with Crippen LogP contribution >= 0.6 is 11.6 Å². The molecule has 7 nitrogen and oxygen atoms in total. The van der Waals surface area contributed by atoms with Crippen LogP contribution in [0, 0.1) is 0 Å². The maximum Gasteiger partial charge on any atom is 0.240 e. The van der Waals surface area contributed by atoms with E-state index in [9.17, 15) is 4.79 Å². The maximum absolute atomic E-state index is 11.3. The molecule has 2 rings (SSSR count). The molecule has 1 aliphatic rings. The quantitative estimate of drug-likeness (QED) is 0.823. The average Bonchev–Trinajstić information content (AvgIpc) is 2.77. The Morgan fingerprint density at radius 1 is 1.56 bits per heavy atom. The Labute approximate surface area is 110 Å². The van der Waals surface area contributed by atoms with Gasteiger partial charge >= 0.3 is 0 Å². The summed E-state index contributed by atoms with van der Waals surface area (Å²) in [6, 6.07) is -0.363. The highest BCUT2D eigenvalue weighted by atomic mass is 35.5. The van der Waals surface area contributed by atoms with Crippen molar-refractivity contribution in [1.29, 1.82) is 0 Å². The minimum atomic E-state index is -0.367. The van der Waals surface area contributed by atoms with Gasteiger partial charge in [-0.1, -0.05) is 0 Å². The summed E-state index contributed by atoms with van der Waals surface area (Å²) < 4.78 is 0. The van der Waals surface area contributed by atoms with E-state index in [0.717, 1.165) is 12.8 Å². The summed E-state index contributed by atoms with van der Waals surface area (Å²) in [6.07, 6.45) is 1.60. The van der Waals surface area contributed by atoms with E-state index < -0.39 is 0 Å². The summed E-state index contributed by atoms with van der Waals surface area (Å²) in [4.78, 5) is 25.4. The monoisotopic (exact) mass is 270 g/mol. The highest BCUT2D eigenvalue weighted by Gasteiger charge is 2.31. The number of nitrogens with two attached hydrogens (primary N) is 1. The molecule has 1 atom stereocenters. The summed E-state index contributed by atoms with van der Waals surface area (Å²) in [5, 5.41) is 3.07. The molecular weight excluding hydrogens is 256 g/mol. The lowest BCUT2D eigenvalue weighted by molar-refractivity contribution is -0.119. The molecule has 8 heteroatoms. The number of rotatable bonds is 4. The van der Waals surface area contributed by atoms with Gasteiger partial charge in [-0.2, -0.15) is 15.0 Å². The third-order valence-corrected chi connectivity index (χ3v) is 2.94. The molecule has 0 bridgehead atoms. The maximum atomic E-state index is 11.3. The fourth-order valence-electron chi connectivity index (χ4n) is 2.01. The van der Waals surface area contributed by atoms with Crippen LogP contribution < -0.4 is 16.0 Å². The van der Waals surface area contributed by atoms with Crippen molar-refractivity contribution >= 4 is 29.4 Å². The predicted octanol–water partition coefficient (Wildman–Crippen LogP) is 0.411. The molecule has 1 amide bonds. The van der Waals surface area contributed by atoms with Crippen molar-refractivity contribution < 1.29 is 4.79 Å². The van der Waals surface area contributed by atoms with Crippen molar-refractivity contribution in [1.82, 2.24) is 15.0 Å². The van der Waals surface area contributed by atoms with Gasteiger partial charge in [0.05, 0.1) is 0 Å². The fraction of sp³-hybridized carbons (Fsp3) is 0.600. The molecule has 0 spiro atoms. The average molecular weight is 271 g/mol. The second kappa shape index (κ2) is 5.34. The summed E-state index contributed by atoms with van der Waals surface area (Å²) in [6.45, 7) is 3.30. The Kier molecular flexibility index (Phi) is 3.81. The molecule has 0 aliphatic carbocycles. The predicted molar refractivity (Wildman–Crippen MR) is 68.6 cm³/mol. The second-order valence-corrected chi connectivity index (χ2v) is 4.35. The number of nitrogens with one attached hydrogen (secondary N) is 1. The molecule has 1 aromatic heterocycles. The van der Waals surface area contributed by atoms with Gasteiger partial charge in [-0.3, -0.25) is 4.79 Å². The third-order valence-electron chi connectivity index (χ3n) is 2.77. The van der Waals surface area contributed by atoms with Crippen molar-refractivity contribution in [3.63, 3.8) is 0 Å². The Morgan fingerprint density at radius 2 is 2.33 bits per heavy atom. The number of nitrogens with zero attached hydrogens (tertiary/aromatic N) is 4. The largest absolute Gasteiger partial charge is 0.368 e. The molecule has 1 fully saturated rings. The minimum absolute atomic E-state index is 0.103. The van der Waals surface area contributed by atoms with E-state index in [-0.39, 0.29) is 17.2 Å². The van der Waals surface area contributed by atoms with E-state index in [2.05, 4.69) is 20.3 Å². The van der Waals surface area contributed by atoms with Crippen LogP contribution in [0.3, 0.4) is 0 Å². The zero-order valence-electron chi connectivity index (χ0n) is 10.1. The van der Waals surface area contributed by atoms with E-state index in [1.165, 1.54) is 0 Å². The number of amides is 1. The molecule has 1 aliphatic heterocycles. The van der Waals surface area contributed by atoms with Crippen molar-refractivity contribution in [2.75, 3.05) is 23.3 Å². The van der Waals surface area contributed by atoms with Crippen molar-refractivity contribution in [3.05, 3.63) is 5.28 Å². The smallest absolute Gasteiger partial charge is 0.240 e. The molecule has 98 valence electrons. The lowest BCUT2D eigenvalue weighted by atomic mass is 10.2. The summed E-state index contributed by atoms with van der Waals surface area (Å²) in [5.41, 5.74) is 5.36. The van der Waals surface area contributed by atoms with Gasteiger partial charge in [0.15, 0.2) is 0 Å². The number of carbonyl (C=O) groups is 1. The van der Waals surface area contributed by atoms with E-state index >= 15 is 0 Å². The van der Waals surface area contributed by atoms with Gasteiger partial charge in [0.2, 0.25) is 23.1 Å². The SMILES string of the molecule is CCNc1nc(Cl)nc(N2CCCC2C(N)=O)n1. The third kappa shape index (κ3) is 2.61. The molecule has 18 heavy (non-hydrogen) atoms. The number of aromatic nitrogens is 3. The topological polar surface area (TPSA) is 97.0 Å². The van der Waals surface area contributed by atoms with Gasteiger partial charge in [0, 0.05) is 13.1 Å². The normalized spacial score (nSPS) is 19.0. The second-order valence-electron chi connectivity index (χ2n) is 4.01. The number of anilines is 2. The molecular formula is C10H15ClN6O. The fourth-order valence-corrected chi connectivity index (χ4v) is 2.16. The van der Waals surface area contributed by atoms with Gasteiger partial charge < -0.3 is 16.0 Å². The Morgan fingerprint density at radius 3 is 3.00 bits per heavy atom. The molecule has 2 heterocycles. The van der Waals surface area contributed by atoms with E-state index in [0.29, 0.717) is 25.0 Å². The van der Waals surface area contributed by atoms with E-state index in [4.69, 9.17) is 17.3 Å². The van der Waals surface area contributed by atoms with Crippen LogP contribution in [-0.2, 0) is 4.79 Å². The lowest BCUT2D eigenvalue weighted by Crippen LogP contribution is -2.41. The molecule has 0 aromatic carbocycles. The molecule has 0 saturated carbocycles. The van der Waals surface area contributed by atoms with Gasteiger partial charge in [-0.25, -0.2) is 0 Å². The number of hydrogen-bond acceptors (Lipinski definition) is 6. The highest BCUT2D eigenvalue weighted by molar-refractivity contribution is 6.28. The van der Waals surface area contributed by atoms with Crippen molar-refractivity contribution in [2.45, 2.75) is 25.8 Å². The first-order chi connectivity index (χ1) is 8.61. The minimum Gasteiger partial charge on any atom is -0.368 e. The van der Waals surface area contributed by atoms with Gasteiger partial charge in [-0.05, 0) is 31.4 Å². The first-order valence-electron chi connectivity index (χ1n) is 5.83. The van der Waals surface area contributed by atoms with Crippen LogP contribution in [0.25, 0.3) is 0 Å². The first-order valence-corrected chi connectivity index (χ1v) is 6.21. The van der Waals surface area contributed by atoms with Gasteiger partial charge in [0.1, 0.15) is 6.04 Å². The molecule has 1 saturated heterocycles. The zero-order chi connectivity index (χ0) is 13.1. The molecule has 1 aromatic rings. The number of hydrogen-bond donors (Lipinski definition) is 2. The molecule has 1 unspecified atom stereocenters. The van der Waals surface area contributed by atoms with Crippen LogP contribution in [0.5, 0.6) is 0 Å². The number of primary amides is 1. The molecule has 0 radical (unpaired) electrons. The van der Waals surface area contributed by atoms with E-state index in [1.807, 2.05) is 6.92 Å². The van der Waals surface area contributed by atoms with Crippen LogP contribution in [0.2, 0.25) is 5.28 Å². The van der Waals surface area contributed by atoms with Crippen LogP contribution in [-0.4, -0.2) is 40.0 Å². The standard InChI is InChI=1S/C10H15ClN6O/c1-2-13-9-14-8(11)15-10(16-9)17-5-3-4-6(17)7(12)18/h6H,2-5H2,1H3,(H2,12,18)(H,13,14,15,16). The highest BCUT2D eigenvalue weighted by Crippen LogP contribution is 2.23. The Hall–Kier alpha value is -1.63. The Balaban J connectivity index is 2.29. The summed E-state index contributed by atoms with van der Waals surface area (Å²) in [5.74, 6) is 0.434. The zero-order valence-corrected chi connectivity index (χ0v) is 10.8. The van der Waals surface area contributed by atoms with E-state index in [1.54, 1.807) is 4.90 Å². The van der Waals surface area contributed by atoms with Gasteiger partial charge in [-0.15, -0.1) is 0 Å². The van der Waals surface area contributed by atoms with Crippen molar-refractivity contribution in [3.8, 4) is 0 Å². The molecule has 3 N–H and O–H groups in total. The van der Waals surface area contributed by atoms with Gasteiger partial charge in [0.25, 0.3) is 0 Å². The first kappa shape index (κ1) is 12.8. The van der Waals surface area contributed by atoms with Crippen LogP contribution in [0.15, 0.2) is 0 Å². The summed E-state index contributed by atoms with van der Waals surface area (Å²) >= 11 is 5.85. The lowest BCUT2D eigenvalue weighted by Gasteiger charge is -2.22. The number of carbonyl (C=O) groups excluding carboxylic acids is 1. The van der Waals surface area contributed by atoms with Crippen molar-refractivity contribution in [2.24, 2.45) is 5.73 Å².